The number of anilines is 2. The number of nitrogens with one attached hydrogen (secondary N) is 2. The van der Waals surface area contributed by atoms with E-state index in [1.807, 2.05) is 0 Å². The maximum absolute atomic E-state index is 4.59. The number of hydrogen-bond acceptors (Lipinski definition) is 8. The maximum atomic E-state index is 4.59. The van der Waals surface area contributed by atoms with E-state index in [1.165, 1.54) is 33.6 Å². The Labute approximate surface area is 142 Å². The van der Waals surface area contributed by atoms with Crippen molar-refractivity contribution in [3.63, 3.8) is 0 Å². The van der Waals surface area contributed by atoms with Gasteiger partial charge < -0.3 is 9.44 Å². The number of hydrogen-bond donors (Lipinski definition) is 2. The molecule has 5 rings (SSSR count). The normalized spacial score (nSPS) is 13.1. The first kappa shape index (κ1) is 12.9. The number of nitrogens with zero attached hydrogens (tertiary/aromatic N) is 2. The minimum atomic E-state index is 0.978. The van der Waals surface area contributed by atoms with E-state index in [0.717, 1.165) is 33.5 Å². The molecule has 2 N–H and O–H groups in total. The Balaban J connectivity index is 1.94. The van der Waals surface area contributed by atoms with Gasteiger partial charge in [0.05, 0.1) is 35.2 Å². The molecule has 4 aromatic rings. The highest BCUT2D eigenvalue weighted by molar-refractivity contribution is 8.02. The van der Waals surface area contributed by atoms with Gasteiger partial charge >= 0.3 is 0 Å². The van der Waals surface area contributed by atoms with Crippen molar-refractivity contribution in [2.75, 3.05) is 9.44 Å². The van der Waals surface area contributed by atoms with Crippen molar-refractivity contribution in [2.24, 2.45) is 0 Å². The van der Waals surface area contributed by atoms with E-state index in [4.69, 9.17) is 0 Å². The molecule has 4 nitrogen and oxygen atoms in total. The largest absolute Gasteiger partial charge is 0.309 e. The second-order valence-electron chi connectivity index (χ2n) is 4.72. The van der Waals surface area contributed by atoms with Crippen LogP contribution in [0.2, 0.25) is 0 Å². The van der Waals surface area contributed by atoms with Gasteiger partial charge in [-0.2, -0.15) is 8.75 Å². The van der Waals surface area contributed by atoms with Gasteiger partial charge in [-0.15, -0.1) is 22.7 Å². The van der Waals surface area contributed by atoms with Crippen molar-refractivity contribution in [1.82, 2.24) is 8.75 Å². The van der Waals surface area contributed by atoms with Crippen LogP contribution in [0.3, 0.4) is 0 Å². The summed E-state index contributed by atoms with van der Waals surface area (Å²) in [5.74, 6) is 0. The predicted molar refractivity (Wildman–Crippen MR) is 98.9 cm³/mol. The molecule has 0 atom stereocenters. The lowest BCUT2D eigenvalue weighted by Gasteiger charge is -2.11. The minimum Gasteiger partial charge on any atom is -0.309 e. The molecule has 4 heterocycles. The van der Waals surface area contributed by atoms with E-state index < -0.39 is 0 Å². The van der Waals surface area contributed by atoms with Gasteiger partial charge in [0.25, 0.3) is 0 Å². The fourth-order valence-corrected chi connectivity index (χ4v) is 5.43. The molecule has 0 spiro atoms. The Morgan fingerprint density at radius 1 is 0.773 bits per heavy atom. The fraction of sp³-hybridized carbons (Fsp3) is 0. The molecule has 0 saturated carbocycles. The monoisotopic (exact) mass is 360 g/mol. The summed E-state index contributed by atoms with van der Waals surface area (Å²) < 4.78 is 16.0. The topological polar surface area (TPSA) is 49.8 Å². The standard InChI is InChI=1S/C14H8N4S4/c1-3-7(19-5-1)9-11-13(17-21-15-11)10(8-4-2-6-20-8)14-12(9)16-22-18-14/h1-6,15,17H. The van der Waals surface area contributed by atoms with Gasteiger partial charge in [0.2, 0.25) is 0 Å². The Bertz CT molecular complexity index is 880. The number of benzene rings is 1. The quantitative estimate of drug-likeness (QED) is 0.459. The van der Waals surface area contributed by atoms with Crippen LogP contribution in [0.5, 0.6) is 0 Å². The summed E-state index contributed by atoms with van der Waals surface area (Å²) in [7, 11) is 0. The Morgan fingerprint density at radius 2 is 1.32 bits per heavy atom. The molecule has 0 amide bonds. The SMILES string of the molecule is c1csc(-c2c3c(c(-c4cccs4)c4nsnc24)NSN3)c1. The summed E-state index contributed by atoms with van der Waals surface area (Å²) in [6.45, 7) is 0. The van der Waals surface area contributed by atoms with Gasteiger partial charge in [-0.05, 0) is 22.9 Å². The second kappa shape index (κ2) is 4.95. The average Bonchev–Trinajstić information content (AvgIpc) is 3.29. The summed E-state index contributed by atoms with van der Waals surface area (Å²) in [5.41, 5.74) is 6.46. The number of aromatic nitrogens is 2. The van der Waals surface area contributed by atoms with E-state index in [1.54, 1.807) is 22.7 Å². The molecule has 1 aliphatic heterocycles. The van der Waals surface area contributed by atoms with Crippen LogP contribution in [0.15, 0.2) is 35.0 Å². The zero-order valence-electron chi connectivity index (χ0n) is 11.0. The Kier molecular flexibility index (Phi) is 2.90. The lowest BCUT2D eigenvalue weighted by atomic mass is 10.0. The van der Waals surface area contributed by atoms with Gasteiger partial charge in [-0.1, -0.05) is 12.1 Å². The van der Waals surface area contributed by atoms with Crippen LogP contribution in [-0.2, 0) is 0 Å². The van der Waals surface area contributed by atoms with E-state index in [2.05, 4.69) is 53.2 Å². The fourth-order valence-electron chi connectivity index (χ4n) is 2.66. The molecule has 0 aliphatic carbocycles. The highest BCUT2D eigenvalue weighted by Crippen LogP contribution is 2.52. The maximum Gasteiger partial charge on any atom is 0.116 e. The molecule has 0 saturated heterocycles. The van der Waals surface area contributed by atoms with Gasteiger partial charge in [0.15, 0.2) is 0 Å². The van der Waals surface area contributed by atoms with Crippen LogP contribution in [0, 0.1) is 0 Å². The van der Waals surface area contributed by atoms with Crippen molar-refractivity contribution in [2.45, 2.75) is 0 Å². The first-order valence-corrected chi connectivity index (χ1v) is 9.82. The van der Waals surface area contributed by atoms with Crippen LogP contribution >= 0.6 is 46.5 Å². The Hall–Kier alpha value is -1.61. The zero-order chi connectivity index (χ0) is 14.5. The summed E-state index contributed by atoms with van der Waals surface area (Å²) in [6.07, 6.45) is 0. The third-order valence-electron chi connectivity index (χ3n) is 3.55. The molecule has 22 heavy (non-hydrogen) atoms. The summed E-state index contributed by atoms with van der Waals surface area (Å²) in [4.78, 5) is 2.42. The number of fused-ring (bicyclic) bond motifs is 2. The lowest BCUT2D eigenvalue weighted by molar-refractivity contribution is 1.63. The molecule has 8 heteroatoms. The van der Waals surface area contributed by atoms with Crippen molar-refractivity contribution in [3.8, 4) is 20.9 Å². The lowest BCUT2D eigenvalue weighted by Crippen LogP contribution is -1.90. The van der Waals surface area contributed by atoms with Crippen molar-refractivity contribution in [3.05, 3.63) is 35.0 Å². The molecule has 1 aromatic carbocycles. The van der Waals surface area contributed by atoms with E-state index in [9.17, 15) is 0 Å². The number of rotatable bonds is 2. The third kappa shape index (κ3) is 1.75. The third-order valence-corrected chi connectivity index (χ3v) is 6.47. The first-order valence-electron chi connectivity index (χ1n) is 6.51. The molecular formula is C14H8N4S4. The van der Waals surface area contributed by atoms with Crippen molar-refractivity contribution < 1.29 is 0 Å². The highest BCUT2D eigenvalue weighted by Gasteiger charge is 2.28. The highest BCUT2D eigenvalue weighted by atomic mass is 32.2. The van der Waals surface area contributed by atoms with Crippen LogP contribution in [0.4, 0.5) is 11.4 Å². The molecule has 0 radical (unpaired) electrons. The van der Waals surface area contributed by atoms with Crippen LogP contribution in [0.1, 0.15) is 0 Å². The van der Waals surface area contributed by atoms with Gasteiger partial charge in [-0.3, -0.25) is 0 Å². The zero-order valence-corrected chi connectivity index (χ0v) is 14.3. The Morgan fingerprint density at radius 3 is 1.77 bits per heavy atom. The first-order chi connectivity index (χ1) is 10.9. The smallest absolute Gasteiger partial charge is 0.116 e. The molecular weight excluding hydrogens is 352 g/mol. The molecule has 1 aliphatic rings. The molecule has 0 bridgehead atoms. The van der Waals surface area contributed by atoms with E-state index in [-0.39, 0.29) is 0 Å². The van der Waals surface area contributed by atoms with Crippen molar-refractivity contribution >= 4 is 68.9 Å². The van der Waals surface area contributed by atoms with Crippen LogP contribution in [-0.4, -0.2) is 8.75 Å². The second-order valence-corrected chi connectivity index (χ2v) is 7.76. The summed E-state index contributed by atoms with van der Waals surface area (Å²) >= 11 is 6.22. The molecule has 0 unspecified atom stereocenters. The minimum absolute atomic E-state index is 0.978. The van der Waals surface area contributed by atoms with Crippen molar-refractivity contribution in [1.29, 1.82) is 0 Å². The molecule has 3 aromatic heterocycles. The van der Waals surface area contributed by atoms with E-state index in [0.29, 0.717) is 0 Å². The van der Waals surface area contributed by atoms with Gasteiger partial charge in [-0.25, -0.2) is 0 Å². The van der Waals surface area contributed by atoms with Gasteiger partial charge in [0.1, 0.15) is 11.0 Å². The van der Waals surface area contributed by atoms with Crippen LogP contribution in [0.25, 0.3) is 31.9 Å². The predicted octanol–water partition coefficient (Wildman–Crippen LogP) is 5.55. The van der Waals surface area contributed by atoms with Gasteiger partial charge in [0, 0.05) is 20.9 Å². The van der Waals surface area contributed by atoms with E-state index >= 15 is 0 Å². The van der Waals surface area contributed by atoms with Crippen LogP contribution < -0.4 is 9.44 Å². The average molecular weight is 361 g/mol. The summed E-state index contributed by atoms with van der Waals surface area (Å²) in [5, 5.41) is 4.19. The molecule has 0 fully saturated rings. The summed E-state index contributed by atoms with van der Waals surface area (Å²) in [6, 6.07) is 8.41. The molecule has 108 valence electrons. The number of thiophene rings is 2.